The Morgan fingerprint density at radius 1 is 1.38 bits per heavy atom. The third kappa shape index (κ3) is 5.20. The van der Waals surface area contributed by atoms with Gasteiger partial charge in [-0.1, -0.05) is 6.08 Å². The first-order valence-electron chi connectivity index (χ1n) is 6.46. The zero-order valence-electron chi connectivity index (χ0n) is 12.1. The zero-order valence-corrected chi connectivity index (χ0v) is 12.9. The van der Waals surface area contributed by atoms with Gasteiger partial charge < -0.3 is 10.0 Å². The molecule has 0 bridgehead atoms. The topological polar surface area (TPSA) is 86.7 Å². The van der Waals surface area contributed by atoms with Crippen molar-refractivity contribution in [1.29, 1.82) is 0 Å². The Hall–Kier alpha value is -1.86. The van der Waals surface area contributed by atoms with Crippen molar-refractivity contribution >= 4 is 21.7 Å². The maximum absolute atomic E-state index is 12.0. The Morgan fingerprint density at radius 3 is 2.38 bits per heavy atom. The molecule has 116 valence electrons. The van der Waals surface area contributed by atoms with Crippen LogP contribution in [0.3, 0.4) is 0 Å². The van der Waals surface area contributed by atoms with Gasteiger partial charge >= 0.3 is 5.97 Å². The second kappa shape index (κ2) is 7.24. The van der Waals surface area contributed by atoms with Crippen molar-refractivity contribution in [3.63, 3.8) is 0 Å². The Labute approximate surface area is 125 Å². The van der Waals surface area contributed by atoms with Crippen LogP contribution < -0.4 is 9.62 Å². The molecule has 21 heavy (non-hydrogen) atoms. The predicted molar refractivity (Wildman–Crippen MR) is 81.9 cm³/mol. The molecule has 0 amide bonds. The molecule has 7 heteroatoms. The van der Waals surface area contributed by atoms with Gasteiger partial charge in [-0.3, -0.25) is 4.79 Å². The summed E-state index contributed by atoms with van der Waals surface area (Å²) in [5, 5.41) is 8.87. The van der Waals surface area contributed by atoms with E-state index in [1.807, 2.05) is 0 Å². The summed E-state index contributed by atoms with van der Waals surface area (Å²) >= 11 is 0. The van der Waals surface area contributed by atoms with Gasteiger partial charge in [0, 0.05) is 18.3 Å². The average Bonchev–Trinajstić information content (AvgIpc) is 2.36. The summed E-state index contributed by atoms with van der Waals surface area (Å²) in [7, 11) is -3.54. The van der Waals surface area contributed by atoms with Crippen LogP contribution in [0.25, 0.3) is 0 Å². The van der Waals surface area contributed by atoms with Crippen LogP contribution in [0.5, 0.6) is 0 Å². The summed E-state index contributed by atoms with van der Waals surface area (Å²) in [6.45, 7) is 7.25. The highest BCUT2D eigenvalue weighted by Gasteiger charge is 2.16. The monoisotopic (exact) mass is 312 g/mol. The van der Waals surface area contributed by atoms with Crippen LogP contribution in [0.2, 0.25) is 0 Å². The number of sulfonamides is 1. The van der Waals surface area contributed by atoms with E-state index in [9.17, 15) is 13.2 Å². The number of carboxylic acids is 1. The molecule has 0 saturated carbocycles. The number of aliphatic carboxylic acids is 1. The minimum absolute atomic E-state index is 0.147. The van der Waals surface area contributed by atoms with Crippen LogP contribution in [-0.4, -0.2) is 38.6 Å². The number of anilines is 1. The Balaban J connectivity index is 2.99. The largest absolute Gasteiger partial charge is 0.480 e. The fourth-order valence-electron chi connectivity index (χ4n) is 1.79. The number of hydrogen-bond donors (Lipinski definition) is 2. The van der Waals surface area contributed by atoms with E-state index in [1.54, 1.807) is 37.0 Å². The van der Waals surface area contributed by atoms with E-state index in [1.165, 1.54) is 12.1 Å². The van der Waals surface area contributed by atoms with Crippen LogP contribution in [0, 0.1) is 0 Å². The molecule has 6 nitrogen and oxygen atoms in total. The van der Waals surface area contributed by atoms with Crippen LogP contribution in [0.15, 0.2) is 41.8 Å². The molecule has 1 rings (SSSR count). The molecular weight excluding hydrogens is 292 g/mol. The minimum atomic E-state index is -3.54. The van der Waals surface area contributed by atoms with Crippen LogP contribution >= 0.6 is 0 Å². The molecule has 0 fully saturated rings. The fourth-order valence-corrected chi connectivity index (χ4v) is 3.05. The van der Waals surface area contributed by atoms with Crippen molar-refractivity contribution in [2.75, 3.05) is 18.0 Å². The SMILES string of the molecule is C=CCN(CC(=O)O)c1ccc(S(=O)(=O)NC(C)C)cc1. The van der Waals surface area contributed by atoms with Gasteiger partial charge in [0.25, 0.3) is 0 Å². The summed E-state index contributed by atoms with van der Waals surface area (Å²) in [5.74, 6) is -0.963. The highest BCUT2D eigenvalue weighted by molar-refractivity contribution is 7.89. The van der Waals surface area contributed by atoms with E-state index in [2.05, 4.69) is 11.3 Å². The van der Waals surface area contributed by atoms with Crippen molar-refractivity contribution in [3.8, 4) is 0 Å². The summed E-state index contributed by atoms with van der Waals surface area (Å²) in [4.78, 5) is 12.6. The number of hydrogen-bond acceptors (Lipinski definition) is 4. The van der Waals surface area contributed by atoms with Gasteiger partial charge in [0.15, 0.2) is 0 Å². The van der Waals surface area contributed by atoms with Gasteiger partial charge in [-0.05, 0) is 38.1 Å². The number of benzene rings is 1. The summed E-state index contributed by atoms with van der Waals surface area (Å²) < 4.78 is 26.5. The number of nitrogens with one attached hydrogen (secondary N) is 1. The number of carboxylic acid groups (broad SMARTS) is 1. The van der Waals surface area contributed by atoms with Gasteiger partial charge in [0.2, 0.25) is 10.0 Å². The number of nitrogens with zero attached hydrogens (tertiary/aromatic N) is 1. The highest BCUT2D eigenvalue weighted by Crippen LogP contribution is 2.18. The lowest BCUT2D eigenvalue weighted by molar-refractivity contribution is -0.135. The molecule has 0 aromatic heterocycles. The first-order valence-corrected chi connectivity index (χ1v) is 7.94. The molecule has 0 aliphatic rings. The smallest absolute Gasteiger partial charge is 0.323 e. The third-order valence-corrected chi connectivity index (χ3v) is 4.25. The van der Waals surface area contributed by atoms with Crippen molar-refractivity contribution in [2.24, 2.45) is 0 Å². The van der Waals surface area contributed by atoms with E-state index in [0.29, 0.717) is 12.2 Å². The van der Waals surface area contributed by atoms with Crippen LogP contribution in [0.4, 0.5) is 5.69 Å². The Bertz CT molecular complexity index is 594. The van der Waals surface area contributed by atoms with Gasteiger partial charge in [-0.2, -0.15) is 0 Å². The molecule has 0 aliphatic heterocycles. The molecule has 0 aliphatic carbocycles. The molecule has 0 radical (unpaired) electrons. The maximum atomic E-state index is 12.0. The molecule has 1 aromatic rings. The predicted octanol–water partition coefficient (Wildman–Crippen LogP) is 1.45. The second-order valence-corrected chi connectivity index (χ2v) is 6.55. The van der Waals surface area contributed by atoms with Crippen molar-refractivity contribution < 1.29 is 18.3 Å². The Kier molecular flexibility index (Phi) is 5.92. The number of rotatable bonds is 8. The van der Waals surface area contributed by atoms with Gasteiger partial charge in [0.1, 0.15) is 6.54 Å². The summed E-state index contributed by atoms with van der Waals surface area (Å²) in [6, 6.07) is 5.89. The van der Waals surface area contributed by atoms with E-state index >= 15 is 0 Å². The minimum Gasteiger partial charge on any atom is -0.480 e. The summed E-state index contributed by atoms with van der Waals surface area (Å²) in [6.07, 6.45) is 1.59. The van der Waals surface area contributed by atoms with Gasteiger partial charge in [0.05, 0.1) is 4.90 Å². The first-order chi connectivity index (χ1) is 9.76. The first kappa shape index (κ1) is 17.2. The van der Waals surface area contributed by atoms with E-state index in [-0.39, 0.29) is 17.5 Å². The molecule has 0 heterocycles. The fraction of sp³-hybridized carbons (Fsp3) is 0.357. The van der Waals surface area contributed by atoms with E-state index in [0.717, 1.165) is 0 Å². The third-order valence-electron chi connectivity index (χ3n) is 2.58. The Morgan fingerprint density at radius 2 is 1.95 bits per heavy atom. The number of carbonyl (C=O) groups is 1. The second-order valence-electron chi connectivity index (χ2n) is 4.83. The lowest BCUT2D eigenvalue weighted by atomic mass is 10.3. The molecule has 2 N–H and O–H groups in total. The molecule has 0 atom stereocenters. The molecule has 1 aromatic carbocycles. The van der Waals surface area contributed by atoms with Gasteiger partial charge in [-0.25, -0.2) is 13.1 Å². The molecule has 0 saturated heterocycles. The molecular formula is C14H20N2O4S. The zero-order chi connectivity index (χ0) is 16.0. The standard InChI is InChI=1S/C14H20N2O4S/c1-4-9-16(10-14(17)18)12-5-7-13(8-6-12)21(19,20)15-11(2)3/h4-8,11,15H,1,9-10H2,2-3H3,(H,17,18). The average molecular weight is 312 g/mol. The van der Waals surface area contributed by atoms with Gasteiger partial charge in [-0.15, -0.1) is 6.58 Å². The quantitative estimate of drug-likeness (QED) is 0.710. The van der Waals surface area contributed by atoms with Crippen molar-refractivity contribution in [1.82, 2.24) is 4.72 Å². The lowest BCUT2D eigenvalue weighted by Gasteiger charge is -2.21. The molecule has 0 spiro atoms. The lowest BCUT2D eigenvalue weighted by Crippen LogP contribution is -2.31. The van der Waals surface area contributed by atoms with Crippen molar-refractivity contribution in [2.45, 2.75) is 24.8 Å². The van der Waals surface area contributed by atoms with E-state index < -0.39 is 16.0 Å². The van der Waals surface area contributed by atoms with Crippen LogP contribution in [-0.2, 0) is 14.8 Å². The summed E-state index contributed by atoms with van der Waals surface area (Å²) in [5.41, 5.74) is 0.626. The van der Waals surface area contributed by atoms with Crippen molar-refractivity contribution in [3.05, 3.63) is 36.9 Å². The molecule has 0 unspecified atom stereocenters. The normalized spacial score (nSPS) is 11.4. The van der Waals surface area contributed by atoms with Crippen LogP contribution in [0.1, 0.15) is 13.8 Å². The van der Waals surface area contributed by atoms with E-state index in [4.69, 9.17) is 5.11 Å². The maximum Gasteiger partial charge on any atom is 0.323 e. The highest BCUT2D eigenvalue weighted by atomic mass is 32.2.